The van der Waals surface area contributed by atoms with E-state index in [1.807, 2.05) is 51.1 Å². The van der Waals surface area contributed by atoms with Crippen LogP contribution < -0.4 is 4.74 Å². The number of benzene rings is 2. The van der Waals surface area contributed by atoms with E-state index in [1.54, 1.807) is 24.1 Å². The summed E-state index contributed by atoms with van der Waals surface area (Å²) in [5.74, 6) is -3.84. The van der Waals surface area contributed by atoms with Gasteiger partial charge in [-0.1, -0.05) is 29.5 Å². The fraction of sp³-hybridized carbons (Fsp3) is 0.441. The molecule has 9 nitrogen and oxygen atoms in total. The summed E-state index contributed by atoms with van der Waals surface area (Å²) in [6.07, 6.45) is -0.0915. The first kappa shape index (κ1) is 31.7. The van der Waals surface area contributed by atoms with E-state index in [4.69, 9.17) is 4.74 Å². The van der Waals surface area contributed by atoms with E-state index < -0.39 is 35.0 Å². The number of carbonyl (C=O) groups is 2. The molecule has 0 amide bonds. The zero-order valence-electron chi connectivity index (χ0n) is 26.6. The maximum Gasteiger partial charge on any atom is 0.491 e. The van der Waals surface area contributed by atoms with Crippen LogP contribution in [0.3, 0.4) is 0 Å². The van der Waals surface area contributed by atoms with Gasteiger partial charge in [-0.25, -0.2) is 9.48 Å². The number of fused-ring (bicyclic) bond motifs is 3. The van der Waals surface area contributed by atoms with E-state index in [2.05, 4.69) is 31.0 Å². The van der Waals surface area contributed by atoms with Crippen molar-refractivity contribution in [1.82, 2.24) is 24.9 Å². The lowest BCUT2D eigenvalue weighted by Gasteiger charge is -2.35. The maximum absolute atomic E-state index is 13.5. The number of alkyl halides is 3. The van der Waals surface area contributed by atoms with Gasteiger partial charge >= 0.3 is 18.1 Å². The Kier molecular flexibility index (Phi) is 7.70. The third-order valence-corrected chi connectivity index (χ3v) is 9.26. The predicted molar refractivity (Wildman–Crippen MR) is 163 cm³/mol. The summed E-state index contributed by atoms with van der Waals surface area (Å²) in [5, 5.41) is 8.43. The summed E-state index contributed by atoms with van der Waals surface area (Å²) in [7, 11) is 1.76. The van der Waals surface area contributed by atoms with Gasteiger partial charge in [0.1, 0.15) is 16.9 Å². The average molecular weight is 636 g/mol. The lowest BCUT2D eigenvalue weighted by Crippen LogP contribution is -2.41. The molecule has 0 radical (unpaired) electrons. The summed E-state index contributed by atoms with van der Waals surface area (Å²) >= 11 is 0. The monoisotopic (exact) mass is 635 g/mol. The lowest BCUT2D eigenvalue weighted by molar-refractivity contribution is -0.204. The molecule has 2 atom stereocenters. The number of hydrogen-bond acceptors (Lipinski definition) is 8. The number of halogens is 3. The summed E-state index contributed by atoms with van der Waals surface area (Å²) in [6, 6.07) is 11.7. The number of ether oxygens (including phenoxy) is 2. The molecule has 0 saturated heterocycles. The van der Waals surface area contributed by atoms with Crippen molar-refractivity contribution in [2.24, 2.45) is 12.5 Å². The van der Waals surface area contributed by atoms with Crippen molar-refractivity contribution in [1.29, 1.82) is 0 Å². The number of aryl methyl sites for hydroxylation is 3. The molecule has 6 rings (SSSR count). The van der Waals surface area contributed by atoms with Crippen molar-refractivity contribution >= 4 is 23.0 Å². The Balaban J connectivity index is 1.45. The molecule has 0 saturated carbocycles. The first-order valence-electron chi connectivity index (χ1n) is 15.2. The third kappa shape index (κ3) is 5.63. The van der Waals surface area contributed by atoms with Crippen LogP contribution in [-0.4, -0.2) is 55.1 Å². The highest BCUT2D eigenvalue weighted by Gasteiger charge is 2.48. The van der Waals surface area contributed by atoms with Crippen molar-refractivity contribution in [3.8, 4) is 5.75 Å². The highest BCUT2D eigenvalue weighted by Crippen LogP contribution is 2.47. The molecule has 2 aromatic heterocycles. The molecule has 2 aliphatic rings. The van der Waals surface area contributed by atoms with Gasteiger partial charge in [0.05, 0.1) is 17.1 Å². The molecule has 0 bridgehead atoms. The van der Waals surface area contributed by atoms with Crippen molar-refractivity contribution in [2.75, 3.05) is 6.54 Å². The normalized spacial score (nSPS) is 18.8. The van der Waals surface area contributed by atoms with Gasteiger partial charge in [-0.3, -0.25) is 14.7 Å². The molecule has 12 heteroatoms. The largest absolute Gasteiger partial charge is 0.491 e. The van der Waals surface area contributed by atoms with Crippen LogP contribution in [-0.2, 0) is 34.3 Å². The Morgan fingerprint density at radius 2 is 1.85 bits per heavy atom. The van der Waals surface area contributed by atoms with Crippen LogP contribution in [0.1, 0.15) is 79.5 Å². The van der Waals surface area contributed by atoms with Gasteiger partial charge < -0.3 is 9.47 Å². The molecule has 2 aromatic carbocycles. The molecule has 3 heterocycles. The van der Waals surface area contributed by atoms with Gasteiger partial charge in [-0.15, -0.1) is 5.10 Å². The number of esters is 2. The van der Waals surface area contributed by atoms with Gasteiger partial charge in [0.15, 0.2) is 0 Å². The fourth-order valence-electron chi connectivity index (χ4n) is 7.04. The SMILES string of the molecule is Cc1c([C@@H](c2ccc3c(c2)[C@@H](N2Cc4ccncc4OC(C)(C)C2)CC3)C(C)(C)C(=O)OC(=O)C(F)(F)F)ccc2c1nnn2C. The highest BCUT2D eigenvalue weighted by molar-refractivity contribution is 5.92. The van der Waals surface area contributed by atoms with Crippen molar-refractivity contribution < 1.29 is 32.2 Å². The second kappa shape index (κ2) is 11.2. The van der Waals surface area contributed by atoms with Crippen LogP contribution in [0.4, 0.5) is 13.2 Å². The molecule has 0 N–H and O–H groups in total. The molecular weight excluding hydrogens is 599 g/mol. The molecular formula is C34H36F3N5O4. The lowest BCUT2D eigenvalue weighted by atomic mass is 9.69. The molecule has 1 aliphatic carbocycles. The van der Waals surface area contributed by atoms with Crippen LogP contribution in [0.25, 0.3) is 11.0 Å². The number of carbonyl (C=O) groups excluding carboxylic acids is 2. The van der Waals surface area contributed by atoms with Crippen molar-refractivity contribution in [2.45, 2.75) is 77.7 Å². The van der Waals surface area contributed by atoms with Gasteiger partial charge in [-0.05, 0) is 87.4 Å². The number of rotatable bonds is 5. The van der Waals surface area contributed by atoms with Gasteiger partial charge in [0.25, 0.3) is 0 Å². The quantitative estimate of drug-likeness (QED) is 0.191. The Hall–Kier alpha value is -4.32. The number of nitrogens with zero attached hydrogens (tertiary/aromatic N) is 5. The zero-order chi connectivity index (χ0) is 33.2. The predicted octanol–water partition coefficient (Wildman–Crippen LogP) is 6.12. The standard InChI is InChI=1S/C34H36F3N5O4/c1-19-23(10-12-26-29(19)39-40-41(26)6)28(33(4,5)30(43)45-31(44)34(35,36)37)21-8-7-20-9-11-25(24(20)15-21)42-17-22-13-14-38-16-27(22)46-32(2,3)18-42/h7-8,10,12-16,25,28H,9,11,17-18H2,1-6H3/t25-,28+/m0/s1. The minimum absolute atomic E-state index is 0.0306. The molecule has 0 unspecified atom stereocenters. The summed E-state index contributed by atoms with van der Waals surface area (Å²) in [6.45, 7) is 10.3. The third-order valence-electron chi connectivity index (χ3n) is 9.26. The van der Waals surface area contributed by atoms with Gasteiger partial charge in [0.2, 0.25) is 0 Å². The van der Waals surface area contributed by atoms with Crippen LogP contribution in [0, 0.1) is 12.3 Å². The number of pyridine rings is 1. The van der Waals surface area contributed by atoms with E-state index >= 15 is 0 Å². The summed E-state index contributed by atoms with van der Waals surface area (Å²) in [5.41, 5.74) is 4.71. The van der Waals surface area contributed by atoms with Crippen LogP contribution in [0.5, 0.6) is 5.75 Å². The summed E-state index contributed by atoms with van der Waals surface area (Å²) < 4.78 is 51.9. The Morgan fingerprint density at radius 3 is 2.59 bits per heavy atom. The Morgan fingerprint density at radius 1 is 1.09 bits per heavy atom. The van der Waals surface area contributed by atoms with E-state index in [0.717, 1.165) is 40.8 Å². The average Bonchev–Trinajstić information content (AvgIpc) is 3.53. The molecule has 46 heavy (non-hydrogen) atoms. The fourth-order valence-corrected chi connectivity index (χ4v) is 7.04. The van der Waals surface area contributed by atoms with Crippen LogP contribution >= 0.6 is 0 Å². The summed E-state index contributed by atoms with van der Waals surface area (Å²) in [4.78, 5) is 31.9. The van der Waals surface area contributed by atoms with E-state index in [0.29, 0.717) is 29.7 Å². The molecule has 242 valence electrons. The zero-order valence-corrected chi connectivity index (χ0v) is 26.6. The van der Waals surface area contributed by atoms with Crippen molar-refractivity contribution in [3.05, 3.63) is 82.2 Å². The van der Waals surface area contributed by atoms with Crippen molar-refractivity contribution in [3.63, 3.8) is 0 Å². The number of hydrogen-bond donors (Lipinski definition) is 0. The maximum atomic E-state index is 13.5. The van der Waals surface area contributed by atoms with E-state index in [9.17, 15) is 22.8 Å². The topological polar surface area (TPSA) is 99.4 Å². The van der Waals surface area contributed by atoms with Gasteiger partial charge in [-0.2, -0.15) is 13.2 Å². The first-order chi connectivity index (χ1) is 21.6. The number of aromatic nitrogens is 4. The van der Waals surface area contributed by atoms with E-state index in [1.165, 1.54) is 19.4 Å². The molecule has 4 aromatic rings. The second-order valence-electron chi connectivity index (χ2n) is 13.5. The Bertz CT molecular complexity index is 1850. The minimum Gasteiger partial charge on any atom is -0.485 e. The smallest absolute Gasteiger partial charge is 0.485 e. The molecule has 0 spiro atoms. The molecule has 0 fully saturated rings. The first-order valence-corrected chi connectivity index (χ1v) is 15.2. The molecule has 1 aliphatic heterocycles. The Labute approximate surface area is 264 Å². The van der Waals surface area contributed by atoms with E-state index in [-0.39, 0.29) is 6.04 Å². The second-order valence-corrected chi connectivity index (χ2v) is 13.5. The van der Waals surface area contributed by atoms with Crippen LogP contribution in [0.2, 0.25) is 0 Å². The minimum atomic E-state index is -5.31. The van der Waals surface area contributed by atoms with Gasteiger partial charge in [0, 0.05) is 43.9 Å². The van der Waals surface area contributed by atoms with Crippen LogP contribution in [0.15, 0.2) is 48.8 Å². The highest BCUT2D eigenvalue weighted by atomic mass is 19.4.